The van der Waals surface area contributed by atoms with E-state index in [0.717, 1.165) is 5.56 Å². The third-order valence-corrected chi connectivity index (χ3v) is 6.13. The highest BCUT2D eigenvalue weighted by atomic mass is 35.5. The first-order valence-corrected chi connectivity index (χ1v) is 12.1. The summed E-state index contributed by atoms with van der Waals surface area (Å²) >= 11 is 5.91. The van der Waals surface area contributed by atoms with Gasteiger partial charge in [0.15, 0.2) is 0 Å². The number of hydrazone groups is 1. The van der Waals surface area contributed by atoms with E-state index in [2.05, 4.69) is 15.2 Å². The summed E-state index contributed by atoms with van der Waals surface area (Å²) in [6.45, 7) is -2.59. The lowest BCUT2D eigenvalue weighted by atomic mass is 9.90. The number of hydrogen-bond donors (Lipinski definition) is 1. The molecule has 0 fully saturated rings. The van der Waals surface area contributed by atoms with Crippen LogP contribution >= 0.6 is 11.6 Å². The second-order valence-corrected chi connectivity index (χ2v) is 8.88. The van der Waals surface area contributed by atoms with Gasteiger partial charge in [-0.1, -0.05) is 41.9 Å². The average Bonchev–Trinajstić information content (AvgIpc) is 3.38. The second kappa shape index (κ2) is 11.3. The number of halogens is 3. The van der Waals surface area contributed by atoms with E-state index >= 15 is 0 Å². The van der Waals surface area contributed by atoms with Gasteiger partial charge in [-0.15, -0.1) is 0 Å². The third-order valence-electron chi connectivity index (χ3n) is 5.88. The molecular formula is C29H22ClF2N3O3. The molecule has 4 aromatic carbocycles. The smallest absolute Gasteiger partial charge is 0.387 e. The minimum Gasteiger partial charge on any atom is -0.457 e. The summed E-state index contributed by atoms with van der Waals surface area (Å²) in [4.78, 5) is 13.1. The van der Waals surface area contributed by atoms with E-state index in [0.29, 0.717) is 40.0 Å². The Kier molecular flexibility index (Phi) is 7.51. The predicted molar refractivity (Wildman–Crippen MR) is 142 cm³/mol. The Bertz CT molecular complexity index is 1410. The molecule has 5 rings (SSSR count). The molecule has 0 aromatic heterocycles. The first-order chi connectivity index (χ1) is 18.4. The molecule has 1 aliphatic heterocycles. The Morgan fingerprint density at radius 1 is 0.868 bits per heavy atom. The van der Waals surface area contributed by atoms with Gasteiger partial charge in [0.1, 0.15) is 17.2 Å². The van der Waals surface area contributed by atoms with Gasteiger partial charge in [-0.25, -0.2) is 9.80 Å². The lowest BCUT2D eigenvalue weighted by Gasteiger charge is -2.16. The molecule has 0 spiro atoms. The molecule has 1 heterocycles. The summed E-state index contributed by atoms with van der Waals surface area (Å²) in [5.41, 5.74) is 2.92. The van der Waals surface area contributed by atoms with Crippen LogP contribution in [-0.2, 0) is 0 Å². The van der Waals surface area contributed by atoms with E-state index in [-0.39, 0.29) is 11.7 Å². The zero-order valence-electron chi connectivity index (χ0n) is 19.9. The normalized spacial score (nSPS) is 14.8. The monoisotopic (exact) mass is 533 g/mol. The summed E-state index contributed by atoms with van der Waals surface area (Å²) in [5.74, 6) is 1.11. The van der Waals surface area contributed by atoms with Crippen LogP contribution in [0.25, 0.3) is 0 Å². The molecule has 1 aliphatic rings. The molecule has 6 nitrogen and oxygen atoms in total. The summed E-state index contributed by atoms with van der Waals surface area (Å²) in [6.07, 6.45) is 0. The van der Waals surface area contributed by atoms with Gasteiger partial charge in [-0.3, -0.25) is 0 Å². The molecule has 0 saturated carbocycles. The second-order valence-electron chi connectivity index (χ2n) is 8.44. The van der Waals surface area contributed by atoms with Crippen molar-refractivity contribution in [2.24, 2.45) is 5.10 Å². The van der Waals surface area contributed by atoms with Gasteiger partial charge in [0, 0.05) is 16.6 Å². The fourth-order valence-electron chi connectivity index (χ4n) is 4.08. The maximum absolute atomic E-state index is 13.1. The minimum absolute atomic E-state index is 0.0525. The summed E-state index contributed by atoms with van der Waals surface area (Å²) < 4.78 is 35.3. The molecule has 1 unspecified atom stereocenters. The zero-order chi connectivity index (χ0) is 26.5. The first kappa shape index (κ1) is 25.2. The van der Waals surface area contributed by atoms with Crippen LogP contribution in [0.4, 0.5) is 19.3 Å². The van der Waals surface area contributed by atoms with Gasteiger partial charge < -0.3 is 14.8 Å². The zero-order valence-corrected chi connectivity index (χ0v) is 20.7. The van der Waals surface area contributed by atoms with Crippen molar-refractivity contribution in [3.8, 4) is 17.2 Å². The molecule has 1 N–H and O–H groups in total. The van der Waals surface area contributed by atoms with Crippen LogP contribution in [0.1, 0.15) is 17.0 Å². The van der Waals surface area contributed by atoms with Crippen molar-refractivity contribution < 1.29 is 23.0 Å². The molecule has 0 aliphatic carbocycles. The maximum Gasteiger partial charge on any atom is 0.387 e. The van der Waals surface area contributed by atoms with E-state index in [1.807, 2.05) is 30.3 Å². The van der Waals surface area contributed by atoms with Crippen LogP contribution in [0.5, 0.6) is 17.2 Å². The Morgan fingerprint density at radius 3 is 2.11 bits per heavy atom. The topological polar surface area (TPSA) is 63.2 Å². The van der Waals surface area contributed by atoms with Crippen LogP contribution in [0, 0.1) is 0 Å². The molecule has 0 saturated heterocycles. The number of nitrogens with zero attached hydrogens (tertiary/aromatic N) is 2. The molecule has 192 valence electrons. The SMILES string of the molecule is O=C(Nc1ccc(Oc2ccc(Cl)cc2)cc1)N1CC(c2ccccc2)C(c2ccc(OC(F)F)cc2)=N1. The molecule has 2 amide bonds. The number of urea groups is 1. The molecule has 38 heavy (non-hydrogen) atoms. The van der Waals surface area contributed by atoms with Crippen LogP contribution in [0.3, 0.4) is 0 Å². The number of carbonyl (C=O) groups excluding carboxylic acids is 1. The average molecular weight is 534 g/mol. The Balaban J connectivity index is 1.31. The molecule has 9 heteroatoms. The van der Waals surface area contributed by atoms with Crippen LogP contribution < -0.4 is 14.8 Å². The molecule has 4 aromatic rings. The lowest BCUT2D eigenvalue weighted by molar-refractivity contribution is -0.0498. The lowest BCUT2D eigenvalue weighted by Crippen LogP contribution is -2.30. The molecule has 0 radical (unpaired) electrons. The van der Waals surface area contributed by atoms with E-state index in [9.17, 15) is 13.6 Å². The number of alkyl halides is 2. The number of carbonyl (C=O) groups is 1. The highest BCUT2D eigenvalue weighted by Crippen LogP contribution is 2.30. The van der Waals surface area contributed by atoms with Crippen molar-refractivity contribution in [3.63, 3.8) is 0 Å². The third kappa shape index (κ3) is 6.10. The van der Waals surface area contributed by atoms with Crippen molar-refractivity contribution in [1.29, 1.82) is 0 Å². The van der Waals surface area contributed by atoms with Gasteiger partial charge in [0.05, 0.1) is 12.3 Å². The van der Waals surface area contributed by atoms with E-state index in [4.69, 9.17) is 16.3 Å². The molecular weight excluding hydrogens is 512 g/mol. The Hall–Kier alpha value is -4.43. The number of hydrogen-bond acceptors (Lipinski definition) is 4. The predicted octanol–water partition coefficient (Wildman–Crippen LogP) is 7.77. The first-order valence-electron chi connectivity index (χ1n) is 11.8. The Labute approximate surface area is 223 Å². The van der Waals surface area contributed by atoms with Crippen molar-refractivity contribution in [1.82, 2.24) is 5.01 Å². The fraction of sp³-hybridized carbons (Fsp3) is 0.103. The van der Waals surface area contributed by atoms with E-state index in [1.165, 1.54) is 17.1 Å². The summed E-state index contributed by atoms with van der Waals surface area (Å²) in [7, 11) is 0. The summed E-state index contributed by atoms with van der Waals surface area (Å²) in [5, 5.41) is 9.45. The number of benzene rings is 4. The van der Waals surface area contributed by atoms with E-state index in [1.54, 1.807) is 60.7 Å². The van der Waals surface area contributed by atoms with Crippen molar-refractivity contribution in [2.45, 2.75) is 12.5 Å². The largest absolute Gasteiger partial charge is 0.457 e. The van der Waals surface area contributed by atoms with Crippen molar-refractivity contribution in [3.05, 3.63) is 119 Å². The maximum atomic E-state index is 13.1. The summed E-state index contributed by atoms with van der Waals surface area (Å²) in [6, 6.07) is 29.5. The number of amides is 2. The number of rotatable bonds is 7. The Morgan fingerprint density at radius 2 is 1.47 bits per heavy atom. The van der Waals surface area contributed by atoms with Gasteiger partial charge in [-0.05, 0) is 83.9 Å². The van der Waals surface area contributed by atoms with Gasteiger partial charge >= 0.3 is 12.6 Å². The fourth-order valence-corrected chi connectivity index (χ4v) is 4.20. The van der Waals surface area contributed by atoms with Gasteiger partial charge in [-0.2, -0.15) is 13.9 Å². The van der Waals surface area contributed by atoms with Crippen LogP contribution in [-0.4, -0.2) is 29.9 Å². The molecule has 0 bridgehead atoms. The van der Waals surface area contributed by atoms with Crippen LogP contribution in [0.15, 0.2) is 108 Å². The number of anilines is 1. The van der Waals surface area contributed by atoms with Crippen molar-refractivity contribution in [2.75, 3.05) is 11.9 Å². The number of ether oxygens (including phenoxy) is 2. The minimum atomic E-state index is -2.90. The standard InChI is InChI=1S/C29H22ClF2N3O3/c30-21-8-14-23(15-9-21)37-24-16-10-22(11-17-24)33-29(36)35-18-26(19-4-2-1-3-5-19)27(34-35)20-6-12-25(13-7-20)38-28(31)32/h1-17,26,28H,18H2,(H,33,36). The highest BCUT2D eigenvalue weighted by Gasteiger charge is 2.32. The van der Waals surface area contributed by atoms with Gasteiger partial charge in [0.2, 0.25) is 0 Å². The molecule has 1 atom stereocenters. The van der Waals surface area contributed by atoms with Crippen LogP contribution in [0.2, 0.25) is 5.02 Å². The quantitative estimate of drug-likeness (QED) is 0.264. The number of nitrogens with one attached hydrogen (secondary N) is 1. The van der Waals surface area contributed by atoms with Crippen molar-refractivity contribution >= 4 is 29.0 Å². The highest BCUT2D eigenvalue weighted by molar-refractivity contribution is 6.30. The van der Waals surface area contributed by atoms with E-state index < -0.39 is 12.6 Å². The van der Waals surface area contributed by atoms with Gasteiger partial charge in [0.25, 0.3) is 0 Å².